The first-order valence-electron chi connectivity index (χ1n) is 5.90. The Morgan fingerprint density at radius 3 is 2.63 bits per heavy atom. The van der Waals surface area contributed by atoms with Crippen LogP contribution >= 0.6 is 11.6 Å². The van der Waals surface area contributed by atoms with Crippen LogP contribution in [0.15, 0.2) is 23.1 Å². The van der Waals surface area contributed by atoms with Crippen LogP contribution in [0.5, 0.6) is 0 Å². The third-order valence-electron chi connectivity index (χ3n) is 2.97. The Balaban J connectivity index is 2.82. The van der Waals surface area contributed by atoms with Crippen molar-refractivity contribution in [2.45, 2.75) is 31.3 Å². The average molecular weight is 310 g/mol. The highest BCUT2D eigenvalue weighted by Crippen LogP contribution is 2.19. The van der Waals surface area contributed by atoms with E-state index in [9.17, 15) is 17.9 Å². The summed E-state index contributed by atoms with van der Waals surface area (Å²) in [4.78, 5) is -0.478. The lowest BCUT2D eigenvalue weighted by atomic mass is 10.0. The lowest BCUT2D eigenvalue weighted by molar-refractivity contribution is 0.118. The minimum absolute atomic E-state index is 0.0437. The van der Waals surface area contributed by atoms with Gasteiger partial charge in [0, 0.05) is 11.6 Å². The minimum Gasteiger partial charge on any atom is -0.391 e. The maximum atomic E-state index is 13.5. The Morgan fingerprint density at radius 1 is 1.47 bits per heavy atom. The molecule has 19 heavy (non-hydrogen) atoms. The third kappa shape index (κ3) is 4.42. The SMILES string of the molecule is CCC(C)C(O)CNS(=O)(=O)c1ccc(Cl)cc1F. The second kappa shape index (κ2) is 6.65. The van der Waals surface area contributed by atoms with E-state index in [0.29, 0.717) is 0 Å². The maximum Gasteiger partial charge on any atom is 0.243 e. The van der Waals surface area contributed by atoms with Crippen LogP contribution in [0.1, 0.15) is 20.3 Å². The monoisotopic (exact) mass is 309 g/mol. The van der Waals surface area contributed by atoms with Crippen LogP contribution in [0, 0.1) is 11.7 Å². The van der Waals surface area contributed by atoms with Gasteiger partial charge in [0.2, 0.25) is 10.0 Å². The van der Waals surface area contributed by atoms with Crippen molar-refractivity contribution in [2.75, 3.05) is 6.54 Å². The Hall–Kier alpha value is -0.690. The van der Waals surface area contributed by atoms with Crippen LogP contribution in [0.3, 0.4) is 0 Å². The fourth-order valence-electron chi connectivity index (χ4n) is 1.44. The second-order valence-electron chi connectivity index (χ2n) is 4.38. The molecular formula is C12H17ClFNO3S. The molecule has 0 aliphatic rings. The average Bonchev–Trinajstić information content (AvgIpc) is 2.34. The summed E-state index contributed by atoms with van der Waals surface area (Å²) in [7, 11) is -3.99. The van der Waals surface area contributed by atoms with E-state index in [1.54, 1.807) is 0 Å². The molecule has 0 aliphatic carbocycles. The van der Waals surface area contributed by atoms with Gasteiger partial charge in [0.1, 0.15) is 10.7 Å². The molecule has 0 saturated carbocycles. The van der Waals surface area contributed by atoms with E-state index in [1.165, 1.54) is 6.07 Å². The Kier molecular flexibility index (Phi) is 5.73. The molecule has 0 heterocycles. The van der Waals surface area contributed by atoms with Gasteiger partial charge in [-0.25, -0.2) is 17.5 Å². The molecule has 0 radical (unpaired) electrons. The quantitative estimate of drug-likeness (QED) is 0.846. The second-order valence-corrected chi connectivity index (χ2v) is 6.55. The van der Waals surface area contributed by atoms with Gasteiger partial charge in [-0.2, -0.15) is 0 Å². The molecule has 0 aliphatic heterocycles. The zero-order valence-corrected chi connectivity index (χ0v) is 12.3. The van der Waals surface area contributed by atoms with Crippen molar-refractivity contribution in [3.8, 4) is 0 Å². The minimum atomic E-state index is -3.99. The lowest BCUT2D eigenvalue weighted by Crippen LogP contribution is -2.35. The molecule has 0 fully saturated rings. The molecule has 2 atom stereocenters. The molecule has 1 aromatic carbocycles. The molecule has 2 unspecified atom stereocenters. The van der Waals surface area contributed by atoms with E-state index in [-0.39, 0.29) is 17.5 Å². The van der Waals surface area contributed by atoms with Crippen LogP contribution in [0.4, 0.5) is 4.39 Å². The smallest absolute Gasteiger partial charge is 0.243 e. The first-order chi connectivity index (χ1) is 8.77. The summed E-state index contributed by atoms with van der Waals surface area (Å²) in [6.45, 7) is 3.54. The number of hydrogen-bond donors (Lipinski definition) is 2. The van der Waals surface area contributed by atoms with Gasteiger partial charge >= 0.3 is 0 Å². The van der Waals surface area contributed by atoms with Gasteiger partial charge in [-0.15, -0.1) is 0 Å². The van der Waals surface area contributed by atoms with Crippen LogP contribution in [-0.4, -0.2) is 26.2 Å². The number of aliphatic hydroxyl groups is 1. The highest BCUT2D eigenvalue weighted by Gasteiger charge is 2.21. The highest BCUT2D eigenvalue weighted by atomic mass is 35.5. The predicted octanol–water partition coefficient (Wildman–Crippen LogP) is 2.16. The van der Waals surface area contributed by atoms with E-state index in [0.717, 1.165) is 18.6 Å². The lowest BCUT2D eigenvalue weighted by Gasteiger charge is -2.17. The summed E-state index contributed by atoms with van der Waals surface area (Å²) >= 11 is 5.56. The fraction of sp³-hybridized carbons (Fsp3) is 0.500. The molecule has 7 heteroatoms. The predicted molar refractivity (Wildman–Crippen MR) is 72.1 cm³/mol. The molecule has 0 bridgehead atoms. The molecule has 4 nitrogen and oxygen atoms in total. The summed E-state index contributed by atoms with van der Waals surface area (Å²) in [6.07, 6.45) is -0.0896. The molecule has 1 rings (SSSR count). The van der Waals surface area contributed by atoms with Crippen molar-refractivity contribution in [1.82, 2.24) is 4.72 Å². The zero-order valence-electron chi connectivity index (χ0n) is 10.7. The van der Waals surface area contributed by atoms with Crippen LogP contribution in [-0.2, 0) is 10.0 Å². The molecular weight excluding hydrogens is 293 g/mol. The maximum absolute atomic E-state index is 13.5. The molecule has 0 spiro atoms. The van der Waals surface area contributed by atoms with Gasteiger partial charge in [-0.05, 0) is 24.1 Å². The number of aliphatic hydroxyl groups excluding tert-OH is 1. The summed E-state index contributed by atoms with van der Waals surface area (Å²) < 4.78 is 39.5. The standard InChI is InChI=1S/C12H17ClFNO3S/c1-3-8(2)11(16)7-15-19(17,18)12-5-4-9(13)6-10(12)14/h4-6,8,11,15-16H,3,7H2,1-2H3. The van der Waals surface area contributed by atoms with Gasteiger partial charge in [0.05, 0.1) is 6.10 Å². The number of nitrogens with one attached hydrogen (secondary N) is 1. The Bertz CT molecular complexity index is 536. The molecule has 108 valence electrons. The Labute approximate surface area is 117 Å². The topological polar surface area (TPSA) is 66.4 Å². The van der Waals surface area contributed by atoms with E-state index >= 15 is 0 Å². The van der Waals surface area contributed by atoms with Crippen molar-refractivity contribution in [3.63, 3.8) is 0 Å². The van der Waals surface area contributed by atoms with Crippen LogP contribution in [0.2, 0.25) is 5.02 Å². The number of halogens is 2. The summed E-state index contributed by atoms with van der Waals surface area (Å²) in [5.74, 6) is -0.962. The number of hydrogen-bond acceptors (Lipinski definition) is 3. The Morgan fingerprint density at radius 2 is 2.11 bits per heavy atom. The van der Waals surface area contributed by atoms with Crippen LogP contribution < -0.4 is 4.72 Å². The van der Waals surface area contributed by atoms with Gasteiger partial charge < -0.3 is 5.11 Å². The van der Waals surface area contributed by atoms with Gasteiger partial charge in [-0.3, -0.25) is 0 Å². The largest absolute Gasteiger partial charge is 0.391 e. The molecule has 2 N–H and O–H groups in total. The van der Waals surface area contributed by atoms with Crippen molar-refractivity contribution in [3.05, 3.63) is 29.0 Å². The van der Waals surface area contributed by atoms with E-state index in [2.05, 4.69) is 4.72 Å². The van der Waals surface area contributed by atoms with Crippen molar-refractivity contribution in [1.29, 1.82) is 0 Å². The molecule has 0 saturated heterocycles. The van der Waals surface area contributed by atoms with E-state index in [1.807, 2.05) is 13.8 Å². The zero-order chi connectivity index (χ0) is 14.6. The highest BCUT2D eigenvalue weighted by molar-refractivity contribution is 7.89. The van der Waals surface area contributed by atoms with Crippen LogP contribution in [0.25, 0.3) is 0 Å². The van der Waals surface area contributed by atoms with E-state index in [4.69, 9.17) is 11.6 Å². The molecule has 0 amide bonds. The summed E-state index contributed by atoms with van der Waals surface area (Å²) in [5, 5.41) is 9.82. The first kappa shape index (κ1) is 16.4. The molecule has 0 aromatic heterocycles. The summed E-state index contributed by atoms with van der Waals surface area (Å²) in [6, 6.07) is 3.32. The third-order valence-corrected chi connectivity index (χ3v) is 4.66. The first-order valence-corrected chi connectivity index (χ1v) is 7.76. The van der Waals surface area contributed by atoms with Crippen molar-refractivity contribution in [2.24, 2.45) is 5.92 Å². The van der Waals surface area contributed by atoms with Crippen molar-refractivity contribution >= 4 is 21.6 Å². The van der Waals surface area contributed by atoms with Gasteiger partial charge in [0.25, 0.3) is 0 Å². The van der Waals surface area contributed by atoms with E-state index < -0.39 is 26.8 Å². The summed E-state index contributed by atoms with van der Waals surface area (Å²) in [5.41, 5.74) is 0. The number of benzene rings is 1. The normalized spacial score (nSPS) is 15.2. The fourth-order valence-corrected chi connectivity index (χ4v) is 2.71. The van der Waals surface area contributed by atoms with Crippen molar-refractivity contribution < 1.29 is 17.9 Å². The van der Waals surface area contributed by atoms with Gasteiger partial charge in [-0.1, -0.05) is 31.9 Å². The number of rotatable bonds is 6. The van der Waals surface area contributed by atoms with Gasteiger partial charge in [0.15, 0.2) is 0 Å². The molecule has 1 aromatic rings. The number of sulfonamides is 1.